The number of methoxy groups -OCH3 is 1. The van der Waals surface area contributed by atoms with E-state index in [4.69, 9.17) is 4.74 Å². The van der Waals surface area contributed by atoms with Gasteiger partial charge in [0.2, 0.25) is 5.91 Å². The molecule has 0 unspecified atom stereocenters. The predicted octanol–water partition coefficient (Wildman–Crippen LogP) is 3.95. The van der Waals surface area contributed by atoms with Crippen LogP contribution in [0, 0.1) is 6.92 Å². The second-order valence-electron chi connectivity index (χ2n) is 4.47. The average molecular weight is 334 g/mol. The summed E-state index contributed by atoms with van der Waals surface area (Å²) in [5.74, 6) is 0.659. The van der Waals surface area contributed by atoms with E-state index in [1.54, 1.807) is 7.11 Å². The molecule has 0 spiro atoms. The van der Waals surface area contributed by atoms with E-state index in [-0.39, 0.29) is 12.3 Å². The summed E-state index contributed by atoms with van der Waals surface area (Å²) in [6.07, 6.45) is 0.282. The highest BCUT2D eigenvalue weighted by Crippen LogP contribution is 2.26. The molecule has 1 amide bonds. The van der Waals surface area contributed by atoms with Crippen LogP contribution in [0.1, 0.15) is 11.1 Å². The van der Waals surface area contributed by atoms with Crippen LogP contribution < -0.4 is 10.1 Å². The van der Waals surface area contributed by atoms with Crippen molar-refractivity contribution >= 4 is 27.5 Å². The molecule has 3 nitrogen and oxygen atoms in total. The number of hydrogen-bond acceptors (Lipinski definition) is 2. The van der Waals surface area contributed by atoms with E-state index >= 15 is 0 Å². The van der Waals surface area contributed by atoms with Gasteiger partial charge in [0.25, 0.3) is 0 Å². The Bertz CT molecular complexity index is 626. The number of para-hydroxylation sites is 1. The van der Waals surface area contributed by atoms with Crippen LogP contribution in [-0.4, -0.2) is 13.0 Å². The number of carbonyl (C=O) groups excluding carboxylic acids is 1. The Morgan fingerprint density at radius 3 is 2.70 bits per heavy atom. The third-order valence-electron chi connectivity index (χ3n) is 3.01. The second kappa shape index (κ2) is 6.57. The summed E-state index contributed by atoms with van der Waals surface area (Å²) >= 11 is 3.48. The van der Waals surface area contributed by atoms with Gasteiger partial charge in [-0.15, -0.1) is 0 Å². The van der Waals surface area contributed by atoms with Crippen LogP contribution in [0.4, 0.5) is 5.69 Å². The Morgan fingerprint density at radius 2 is 1.95 bits per heavy atom. The molecule has 0 saturated heterocycles. The van der Waals surface area contributed by atoms with Crippen molar-refractivity contribution in [2.45, 2.75) is 13.3 Å². The van der Waals surface area contributed by atoms with Gasteiger partial charge in [-0.25, -0.2) is 0 Å². The molecular formula is C16H16BrNO2. The van der Waals surface area contributed by atoms with Crippen molar-refractivity contribution in [1.82, 2.24) is 0 Å². The fourth-order valence-corrected chi connectivity index (χ4v) is 2.32. The highest BCUT2D eigenvalue weighted by molar-refractivity contribution is 9.10. The SMILES string of the molecule is COc1ccccc1CC(=O)Nc1cccc(C)c1Br. The highest BCUT2D eigenvalue weighted by Gasteiger charge is 2.10. The Labute approximate surface area is 127 Å². The minimum Gasteiger partial charge on any atom is -0.496 e. The number of carbonyl (C=O) groups is 1. The van der Waals surface area contributed by atoms with Crippen LogP contribution in [0.2, 0.25) is 0 Å². The first-order valence-electron chi connectivity index (χ1n) is 6.28. The topological polar surface area (TPSA) is 38.3 Å². The minimum atomic E-state index is -0.0687. The molecule has 20 heavy (non-hydrogen) atoms. The van der Waals surface area contributed by atoms with Crippen molar-refractivity contribution in [1.29, 1.82) is 0 Å². The van der Waals surface area contributed by atoms with E-state index in [0.717, 1.165) is 27.0 Å². The van der Waals surface area contributed by atoms with Crippen molar-refractivity contribution in [3.8, 4) is 5.75 Å². The lowest BCUT2D eigenvalue weighted by molar-refractivity contribution is -0.115. The Morgan fingerprint density at radius 1 is 1.20 bits per heavy atom. The van der Waals surface area contributed by atoms with Gasteiger partial charge in [-0.05, 0) is 40.5 Å². The van der Waals surface area contributed by atoms with Crippen LogP contribution in [-0.2, 0) is 11.2 Å². The summed E-state index contributed by atoms with van der Waals surface area (Å²) in [5.41, 5.74) is 2.74. The first kappa shape index (κ1) is 14.6. The van der Waals surface area contributed by atoms with E-state index in [1.807, 2.05) is 49.4 Å². The minimum absolute atomic E-state index is 0.0687. The largest absolute Gasteiger partial charge is 0.496 e. The molecule has 2 rings (SSSR count). The molecule has 0 saturated carbocycles. The van der Waals surface area contributed by atoms with Gasteiger partial charge in [-0.3, -0.25) is 4.79 Å². The monoisotopic (exact) mass is 333 g/mol. The third kappa shape index (κ3) is 3.39. The van der Waals surface area contributed by atoms with E-state index < -0.39 is 0 Å². The molecule has 0 aliphatic carbocycles. The number of benzene rings is 2. The van der Waals surface area contributed by atoms with Crippen LogP contribution in [0.5, 0.6) is 5.75 Å². The molecule has 0 bridgehead atoms. The molecule has 0 aliphatic rings. The molecular weight excluding hydrogens is 318 g/mol. The Balaban J connectivity index is 2.11. The highest BCUT2D eigenvalue weighted by atomic mass is 79.9. The molecule has 104 valence electrons. The zero-order chi connectivity index (χ0) is 14.5. The summed E-state index contributed by atoms with van der Waals surface area (Å²) in [7, 11) is 1.61. The van der Waals surface area contributed by atoms with Crippen molar-refractivity contribution in [3.63, 3.8) is 0 Å². The molecule has 0 atom stereocenters. The van der Waals surface area contributed by atoms with Gasteiger partial charge < -0.3 is 10.1 Å². The van der Waals surface area contributed by atoms with Crippen molar-refractivity contribution in [3.05, 3.63) is 58.1 Å². The van der Waals surface area contributed by atoms with Gasteiger partial charge in [0, 0.05) is 10.0 Å². The maximum Gasteiger partial charge on any atom is 0.228 e. The average Bonchev–Trinajstić information content (AvgIpc) is 2.44. The van der Waals surface area contributed by atoms with Gasteiger partial charge in [-0.1, -0.05) is 30.3 Å². The molecule has 0 heterocycles. The lowest BCUT2D eigenvalue weighted by Crippen LogP contribution is -2.15. The number of rotatable bonds is 4. The molecule has 0 fully saturated rings. The maximum atomic E-state index is 12.1. The summed E-state index contributed by atoms with van der Waals surface area (Å²) in [4.78, 5) is 12.1. The van der Waals surface area contributed by atoms with E-state index in [1.165, 1.54) is 0 Å². The molecule has 1 N–H and O–H groups in total. The summed E-state index contributed by atoms with van der Waals surface area (Å²) in [6.45, 7) is 1.99. The first-order valence-corrected chi connectivity index (χ1v) is 7.08. The van der Waals surface area contributed by atoms with Gasteiger partial charge in [0.05, 0.1) is 19.2 Å². The predicted molar refractivity (Wildman–Crippen MR) is 84.2 cm³/mol. The molecule has 0 radical (unpaired) electrons. The number of aryl methyl sites for hydroxylation is 1. The van der Waals surface area contributed by atoms with Gasteiger partial charge in [0.1, 0.15) is 5.75 Å². The molecule has 0 aliphatic heterocycles. The van der Waals surface area contributed by atoms with Crippen LogP contribution in [0.3, 0.4) is 0 Å². The maximum absolute atomic E-state index is 12.1. The smallest absolute Gasteiger partial charge is 0.228 e. The first-order chi connectivity index (χ1) is 9.61. The summed E-state index contributed by atoms with van der Waals surface area (Å²) in [5, 5.41) is 2.91. The molecule has 4 heteroatoms. The third-order valence-corrected chi connectivity index (χ3v) is 4.06. The number of ether oxygens (including phenoxy) is 1. The number of halogens is 1. The van der Waals surface area contributed by atoms with Crippen LogP contribution >= 0.6 is 15.9 Å². The van der Waals surface area contributed by atoms with Crippen LogP contribution in [0.25, 0.3) is 0 Å². The normalized spacial score (nSPS) is 10.2. The molecule has 2 aromatic rings. The zero-order valence-electron chi connectivity index (χ0n) is 11.4. The summed E-state index contributed by atoms with van der Waals surface area (Å²) < 4.78 is 6.16. The van der Waals surface area contributed by atoms with Crippen molar-refractivity contribution < 1.29 is 9.53 Å². The van der Waals surface area contributed by atoms with Gasteiger partial charge in [0.15, 0.2) is 0 Å². The van der Waals surface area contributed by atoms with Crippen LogP contribution in [0.15, 0.2) is 46.9 Å². The number of hydrogen-bond donors (Lipinski definition) is 1. The lowest BCUT2D eigenvalue weighted by atomic mass is 10.1. The second-order valence-corrected chi connectivity index (χ2v) is 5.27. The fraction of sp³-hybridized carbons (Fsp3) is 0.188. The zero-order valence-corrected chi connectivity index (χ0v) is 13.0. The van der Waals surface area contributed by atoms with Crippen molar-refractivity contribution in [2.75, 3.05) is 12.4 Å². The van der Waals surface area contributed by atoms with E-state index in [2.05, 4.69) is 21.2 Å². The van der Waals surface area contributed by atoms with Crippen molar-refractivity contribution in [2.24, 2.45) is 0 Å². The van der Waals surface area contributed by atoms with Gasteiger partial charge in [-0.2, -0.15) is 0 Å². The quantitative estimate of drug-likeness (QED) is 0.919. The van der Waals surface area contributed by atoms with Gasteiger partial charge >= 0.3 is 0 Å². The number of anilines is 1. The molecule has 0 aromatic heterocycles. The Kier molecular flexibility index (Phi) is 4.79. The molecule has 2 aromatic carbocycles. The fourth-order valence-electron chi connectivity index (χ4n) is 1.96. The Hall–Kier alpha value is -1.81. The van der Waals surface area contributed by atoms with E-state index in [9.17, 15) is 4.79 Å². The van der Waals surface area contributed by atoms with E-state index in [0.29, 0.717) is 0 Å². The lowest BCUT2D eigenvalue weighted by Gasteiger charge is -2.11. The summed E-state index contributed by atoms with van der Waals surface area (Å²) in [6, 6.07) is 13.3. The standard InChI is InChI=1S/C16H16BrNO2/c1-11-6-5-8-13(16(11)17)18-15(19)10-12-7-3-4-9-14(12)20-2/h3-9H,10H2,1-2H3,(H,18,19). The number of nitrogens with one attached hydrogen (secondary N) is 1. The number of amides is 1.